The summed E-state index contributed by atoms with van der Waals surface area (Å²) in [6.45, 7) is 2.71. The van der Waals surface area contributed by atoms with E-state index in [9.17, 15) is 48.6 Å². The predicted molar refractivity (Wildman–Crippen MR) is 316 cm³/mol. The van der Waals surface area contributed by atoms with Crippen molar-refractivity contribution in [3.05, 3.63) is 239 Å². The lowest BCUT2D eigenvalue weighted by atomic mass is 9.95. The summed E-state index contributed by atoms with van der Waals surface area (Å²) in [5, 5.41) is 30.9. The molecule has 6 N–H and O–H groups in total. The van der Waals surface area contributed by atoms with Gasteiger partial charge < -0.3 is 45.7 Å². The highest BCUT2D eigenvalue weighted by molar-refractivity contribution is 6.13. The van der Waals surface area contributed by atoms with Gasteiger partial charge in [-0.2, -0.15) is 0 Å². The van der Waals surface area contributed by atoms with Crippen molar-refractivity contribution in [1.29, 1.82) is 0 Å². The highest BCUT2D eigenvalue weighted by atomic mass is 16.5. The molecule has 17 nitrogen and oxygen atoms in total. The van der Waals surface area contributed by atoms with Crippen molar-refractivity contribution in [2.75, 3.05) is 35.4 Å². The van der Waals surface area contributed by atoms with E-state index in [1.807, 2.05) is 74.8 Å². The van der Waals surface area contributed by atoms with Crippen molar-refractivity contribution in [2.24, 2.45) is 0 Å². The Morgan fingerprint density at radius 3 is 0.952 bits per heavy atom. The number of Topliss-reactive ketones (excluding diaryl/α,β-unsaturated/α-hetero) is 2. The molecule has 0 aliphatic rings. The van der Waals surface area contributed by atoms with Crippen LogP contribution in [0.15, 0.2) is 194 Å². The molecule has 414 valence electrons. The first-order valence-electron chi connectivity index (χ1n) is 25.5. The predicted octanol–water partition coefficient (Wildman–Crippen LogP) is 14.1. The highest BCUT2D eigenvalue weighted by Gasteiger charge is 2.21. The number of amides is 2. The van der Waals surface area contributed by atoms with E-state index in [0.29, 0.717) is 80.7 Å². The molecule has 0 aliphatic heterocycles. The lowest BCUT2D eigenvalue weighted by molar-refractivity contribution is 0.0683. The molecule has 0 saturated carbocycles. The van der Waals surface area contributed by atoms with Gasteiger partial charge in [-0.15, -0.1) is 0 Å². The number of ketones is 2. The van der Waals surface area contributed by atoms with E-state index in [4.69, 9.17) is 14.2 Å². The fourth-order valence-electron chi connectivity index (χ4n) is 8.48. The number of hydrogen-bond acceptors (Lipinski definition) is 13. The molecular weight excluding hydrogens is 1060 g/mol. The molecule has 0 radical (unpaired) electrons. The average Bonchev–Trinajstić information content (AvgIpc) is 3.68. The monoisotopic (exact) mass is 1110 g/mol. The molecule has 0 aromatic heterocycles. The first kappa shape index (κ1) is 57.7. The third kappa shape index (κ3) is 14.6. The molecule has 0 aliphatic carbocycles. The van der Waals surface area contributed by atoms with Crippen LogP contribution >= 0.6 is 0 Å². The number of aldehydes is 2. The molecule has 0 unspecified atom stereocenters. The SMILES string of the molecule is CNc1ccc(Oc2ccc(NC(=O)c3cc(-c4ccc(C=O)c(C(C)=O)c4)ccc3C(=O)O)cc2)cc1.CNc1ccc(Oc2cccc(Oc3ccc(NC(=O)c4cc(-c5ccc(C=O)c(C(C)=O)c5)ccc4C(=O)O)cc3)c2)cc1. The van der Waals surface area contributed by atoms with Crippen LogP contribution in [0, 0.1) is 0 Å². The van der Waals surface area contributed by atoms with Gasteiger partial charge in [-0.3, -0.25) is 28.8 Å². The molecule has 83 heavy (non-hydrogen) atoms. The maximum absolute atomic E-state index is 13.3. The zero-order chi connectivity index (χ0) is 59.2. The molecule has 9 aromatic carbocycles. The van der Waals surface area contributed by atoms with Crippen LogP contribution in [-0.2, 0) is 0 Å². The number of anilines is 4. The molecule has 0 bridgehead atoms. The van der Waals surface area contributed by atoms with Crippen LogP contribution in [0.1, 0.15) is 96.7 Å². The molecular formula is C66H52N4O13. The Morgan fingerprint density at radius 2 is 0.651 bits per heavy atom. The summed E-state index contributed by atoms with van der Waals surface area (Å²) < 4.78 is 17.7. The van der Waals surface area contributed by atoms with Gasteiger partial charge >= 0.3 is 11.9 Å². The molecule has 0 fully saturated rings. The zero-order valence-corrected chi connectivity index (χ0v) is 45.0. The van der Waals surface area contributed by atoms with Crippen molar-refractivity contribution in [2.45, 2.75) is 13.8 Å². The minimum Gasteiger partial charge on any atom is -0.478 e. The number of aromatic carboxylic acids is 2. The Morgan fingerprint density at radius 1 is 0.349 bits per heavy atom. The Labute approximate surface area is 476 Å². The van der Waals surface area contributed by atoms with Crippen LogP contribution in [0.2, 0.25) is 0 Å². The second-order valence-corrected chi connectivity index (χ2v) is 18.4. The number of carbonyl (C=O) groups excluding carboxylic acids is 6. The third-order valence-corrected chi connectivity index (χ3v) is 12.8. The summed E-state index contributed by atoms with van der Waals surface area (Å²) in [6.07, 6.45) is 1.20. The van der Waals surface area contributed by atoms with Gasteiger partial charge in [0.2, 0.25) is 0 Å². The Kier molecular flexibility index (Phi) is 18.4. The van der Waals surface area contributed by atoms with Gasteiger partial charge in [-0.1, -0.05) is 42.5 Å². The number of carbonyl (C=O) groups is 8. The maximum atomic E-state index is 13.3. The number of benzene rings is 9. The van der Waals surface area contributed by atoms with Gasteiger partial charge in [0.1, 0.15) is 34.5 Å². The van der Waals surface area contributed by atoms with Crippen LogP contribution in [0.5, 0.6) is 34.5 Å². The summed E-state index contributed by atoms with van der Waals surface area (Å²) in [5.74, 6) is -0.783. The van der Waals surface area contributed by atoms with E-state index >= 15 is 0 Å². The third-order valence-electron chi connectivity index (χ3n) is 12.8. The summed E-state index contributed by atoms with van der Waals surface area (Å²) >= 11 is 0. The van der Waals surface area contributed by atoms with Crippen molar-refractivity contribution in [1.82, 2.24) is 0 Å². The summed E-state index contributed by atoms with van der Waals surface area (Å²) in [6, 6.07) is 53.5. The second-order valence-electron chi connectivity index (χ2n) is 18.4. The highest BCUT2D eigenvalue weighted by Crippen LogP contribution is 2.32. The summed E-state index contributed by atoms with van der Waals surface area (Å²) in [5.41, 5.74) is 5.44. The van der Waals surface area contributed by atoms with Gasteiger partial charge in [0.25, 0.3) is 11.8 Å². The molecule has 0 heterocycles. The van der Waals surface area contributed by atoms with Crippen LogP contribution in [0.3, 0.4) is 0 Å². The number of hydrogen-bond donors (Lipinski definition) is 6. The van der Waals surface area contributed by atoms with Gasteiger partial charge in [0.15, 0.2) is 24.1 Å². The zero-order valence-electron chi connectivity index (χ0n) is 45.0. The molecule has 9 aromatic rings. The topological polar surface area (TPSA) is 253 Å². The molecule has 17 heteroatoms. The van der Waals surface area contributed by atoms with E-state index in [1.54, 1.807) is 97.1 Å². The number of carboxylic acids is 2. The molecule has 0 spiro atoms. The normalized spacial score (nSPS) is 10.4. The first-order valence-corrected chi connectivity index (χ1v) is 25.5. The van der Waals surface area contributed by atoms with Crippen molar-refractivity contribution in [3.63, 3.8) is 0 Å². The largest absolute Gasteiger partial charge is 0.478 e. The fourth-order valence-corrected chi connectivity index (χ4v) is 8.48. The van der Waals surface area contributed by atoms with E-state index in [1.165, 1.54) is 50.2 Å². The van der Waals surface area contributed by atoms with Crippen LogP contribution in [0.25, 0.3) is 22.3 Å². The number of nitrogens with one attached hydrogen (secondary N) is 4. The standard InChI is InChI=1S/C36H28N2O7.C30H24N2O6/c1-22(40)33-18-23(6-7-25(33)21-39)24-8-17-32(36(42)43)34(19-24)35(41)38-27-11-15-29(16-12-27)45-31-5-3-4-30(20-31)44-28-13-9-26(37-2)10-14-28;1-18(34)27-15-19(3-4-21(27)17-33)20-5-14-26(30(36)37)28(16-20)29(35)32-23-8-12-25(13-9-23)38-24-10-6-22(31-2)7-11-24/h3-21,37H,1-2H3,(H,38,41)(H,42,43);3-17,31H,1-2H3,(H,32,35)(H,36,37). The van der Waals surface area contributed by atoms with Crippen molar-refractivity contribution in [3.8, 4) is 56.8 Å². The van der Waals surface area contributed by atoms with Crippen molar-refractivity contribution < 1.29 is 62.8 Å². The summed E-state index contributed by atoms with van der Waals surface area (Å²) in [4.78, 5) is 96.8. The molecule has 0 atom stereocenters. The lowest BCUT2D eigenvalue weighted by Gasteiger charge is -2.12. The van der Waals surface area contributed by atoms with E-state index in [2.05, 4.69) is 21.3 Å². The number of carboxylic acid groups (broad SMARTS) is 2. The van der Waals surface area contributed by atoms with Gasteiger partial charge in [-0.25, -0.2) is 9.59 Å². The van der Waals surface area contributed by atoms with Crippen LogP contribution < -0.4 is 35.5 Å². The minimum absolute atomic E-state index is 0.0520. The number of rotatable bonds is 20. The second kappa shape index (κ2) is 26.5. The quantitative estimate of drug-likeness (QED) is 0.0307. The van der Waals surface area contributed by atoms with E-state index < -0.39 is 23.8 Å². The Bertz CT molecular complexity index is 3940. The molecule has 2 amide bonds. The lowest BCUT2D eigenvalue weighted by Crippen LogP contribution is -2.16. The smallest absolute Gasteiger partial charge is 0.336 e. The first-order chi connectivity index (χ1) is 40.0. The fraction of sp³-hybridized carbons (Fsp3) is 0.0606. The van der Waals surface area contributed by atoms with Crippen molar-refractivity contribution >= 4 is 70.6 Å². The molecule has 9 rings (SSSR count). The van der Waals surface area contributed by atoms with E-state index in [-0.39, 0.29) is 56.1 Å². The summed E-state index contributed by atoms with van der Waals surface area (Å²) in [7, 11) is 3.67. The van der Waals surface area contributed by atoms with Crippen LogP contribution in [-0.4, -0.2) is 72.2 Å². The van der Waals surface area contributed by atoms with Gasteiger partial charge in [-0.05, 0) is 182 Å². The average molecular weight is 1110 g/mol. The van der Waals surface area contributed by atoms with E-state index in [0.717, 1.165) is 11.4 Å². The van der Waals surface area contributed by atoms with Gasteiger partial charge in [0, 0.05) is 65.2 Å². The minimum atomic E-state index is -1.27. The number of ether oxygens (including phenoxy) is 3. The molecule has 0 saturated heterocycles. The maximum Gasteiger partial charge on any atom is 0.336 e. The van der Waals surface area contributed by atoms with Crippen LogP contribution in [0.4, 0.5) is 22.7 Å². The Hall–Kier alpha value is -11.5. The van der Waals surface area contributed by atoms with Gasteiger partial charge in [0.05, 0.1) is 22.3 Å². The Balaban J connectivity index is 0.000000220.